The van der Waals surface area contributed by atoms with E-state index >= 15 is 0 Å². The first-order chi connectivity index (χ1) is 9.29. The second kappa shape index (κ2) is 5.25. The lowest BCUT2D eigenvalue weighted by Gasteiger charge is -2.27. The lowest BCUT2D eigenvalue weighted by atomic mass is 9.87. The van der Waals surface area contributed by atoms with Crippen LogP contribution in [-0.2, 0) is 13.0 Å². The number of aryl methyl sites for hydroxylation is 1. The Labute approximate surface area is 118 Å². The van der Waals surface area contributed by atoms with E-state index in [4.69, 9.17) is 11.6 Å². The van der Waals surface area contributed by atoms with Crippen LogP contribution in [0.4, 0.5) is 5.69 Å². The van der Waals surface area contributed by atoms with Gasteiger partial charge in [0.2, 0.25) is 0 Å². The summed E-state index contributed by atoms with van der Waals surface area (Å²) in [4.78, 5) is 0. The van der Waals surface area contributed by atoms with E-state index in [2.05, 4.69) is 41.6 Å². The number of halogens is 1. The largest absolute Gasteiger partial charge is 0.385 e. The fourth-order valence-corrected chi connectivity index (χ4v) is 3.08. The zero-order chi connectivity index (χ0) is 13.2. The van der Waals surface area contributed by atoms with Gasteiger partial charge in [0, 0.05) is 18.8 Å². The van der Waals surface area contributed by atoms with E-state index in [1.54, 1.807) is 6.20 Å². The van der Waals surface area contributed by atoms with Gasteiger partial charge in [0.05, 0.1) is 16.9 Å². The minimum absolute atomic E-state index is 0.525. The first-order valence-corrected chi connectivity index (χ1v) is 7.20. The van der Waals surface area contributed by atoms with Gasteiger partial charge in [-0.05, 0) is 37.3 Å². The molecule has 19 heavy (non-hydrogen) atoms. The molecule has 0 spiro atoms. The minimum atomic E-state index is 0.525. The van der Waals surface area contributed by atoms with Crippen molar-refractivity contribution in [3.05, 3.63) is 46.7 Å². The lowest BCUT2D eigenvalue weighted by Crippen LogP contribution is -2.19. The Morgan fingerprint density at radius 2 is 2.26 bits per heavy atom. The third-order valence-electron chi connectivity index (χ3n) is 3.85. The zero-order valence-electron chi connectivity index (χ0n) is 11.1. The Morgan fingerprint density at radius 1 is 1.42 bits per heavy atom. The Hall–Kier alpha value is -1.48. The number of hydrogen-bond acceptors (Lipinski definition) is 2. The van der Waals surface area contributed by atoms with Crippen LogP contribution in [0.3, 0.4) is 0 Å². The summed E-state index contributed by atoms with van der Waals surface area (Å²) in [6.07, 6.45) is 3.86. The zero-order valence-corrected chi connectivity index (χ0v) is 11.8. The highest BCUT2D eigenvalue weighted by Gasteiger charge is 2.22. The summed E-state index contributed by atoms with van der Waals surface area (Å²) in [5, 5.41) is 8.57. The first kappa shape index (κ1) is 12.5. The van der Waals surface area contributed by atoms with E-state index in [9.17, 15) is 0 Å². The Morgan fingerprint density at radius 3 is 3.11 bits per heavy atom. The lowest BCUT2D eigenvalue weighted by molar-refractivity contribution is 0.561. The molecule has 0 aliphatic carbocycles. The Bertz CT molecular complexity index is 577. The molecule has 4 heteroatoms. The predicted octanol–water partition coefficient (Wildman–Crippen LogP) is 3.70. The van der Waals surface area contributed by atoms with Crippen molar-refractivity contribution in [3.63, 3.8) is 0 Å². The van der Waals surface area contributed by atoms with Crippen molar-refractivity contribution < 1.29 is 0 Å². The number of nitrogens with one attached hydrogen (secondary N) is 1. The second-order valence-corrected chi connectivity index (χ2v) is 5.37. The van der Waals surface area contributed by atoms with Crippen LogP contribution in [0.5, 0.6) is 0 Å². The van der Waals surface area contributed by atoms with E-state index in [1.807, 2.05) is 4.68 Å². The number of rotatable bonds is 3. The molecule has 1 unspecified atom stereocenters. The molecule has 2 heterocycles. The molecule has 1 aliphatic heterocycles. The maximum Gasteiger partial charge on any atom is 0.0818 e. The van der Waals surface area contributed by atoms with Crippen LogP contribution in [0, 0.1) is 0 Å². The van der Waals surface area contributed by atoms with Gasteiger partial charge in [0.1, 0.15) is 0 Å². The normalized spacial score (nSPS) is 17.9. The van der Waals surface area contributed by atoms with Crippen LogP contribution < -0.4 is 5.32 Å². The van der Waals surface area contributed by atoms with Gasteiger partial charge < -0.3 is 5.32 Å². The Kier molecular flexibility index (Phi) is 3.47. The van der Waals surface area contributed by atoms with Crippen molar-refractivity contribution in [2.24, 2.45) is 0 Å². The van der Waals surface area contributed by atoms with Crippen LogP contribution in [-0.4, -0.2) is 16.3 Å². The van der Waals surface area contributed by atoms with Crippen molar-refractivity contribution >= 4 is 17.3 Å². The molecular weight excluding hydrogens is 258 g/mol. The smallest absolute Gasteiger partial charge is 0.0818 e. The molecule has 0 saturated carbocycles. The van der Waals surface area contributed by atoms with Crippen LogP contribution >= 0.6 is 11.6 Å². The second-order valence-electron chi connectivity index (χ2n) is 4.96. The highest BCUT2D eigenvalue weighted by atomic mass is 35.5. The van der Waals surface area contributed by atoms with Crippen LogP contribution in [0.1, 0.15) is 30.5 Å². The van der Waals surface area contributed by atoms with Gasteiger partial charge in [-0.25, -0.2) is 0 Å². The number of anilines is 1. The van der Waals surface area contributed by atoms with Crippen molar-refractivity contribution in [3.8, 4) is 0 Å². The van der Waals surface area contributed by atoms with Crippen molar-refractivity contribution in [1.82, 2.24) is 9.78 Å². The van der Waals surface area contributed by atoms with Crippen molar-refractivity contribution in [2.45, 2.75) is 32.2 Å². The predicted molar refractivity (Wildman–Crippen MR) is 78.9 cm³/mol. The molecule has 0 radical (unpaired) electrons. The van der Waals surface area contributed by atoms with Crippen molar-refractivity contribution in [2.75, 3.05) is 11.9 Å². The van der Waals surface area contributed by atoms with Gasteiger partial charge >= 0.3 is 0 Å². The molecule has 1 aliphatic rings. The highest BCUT2D eigenvalue weighted by molar-refractivity contribution is 6.31. The van der Waals surface area contributed by atoms with E-state index in [0.717, 1.165) is 36.6 Å². The molecule has 0 amide bonds. The van der Waals surface area contributed by atoms with Gasteiger partial charge in [-0.15, -0.1) is 0 Å². The van der Waals surface area contributed by atoms with E-state index in [1.165, 1.54) is 11.3 Å². The summed E-state index contributed by atoms with van der Waals surface area (Å²) in [6.45, 7) is 4.00. The van der Waals surface area contributed by atoms with Crippen LogP contribution in [0.25, 0.3) is 0 Å². The summed E-state index contributed by atoms with van der Waals surface area (Å²) >= 11 is 6.27. The van der Waals surface area contributed by atoms with Gasteiger partial charge in [0.25, 0.3) is 0 Å². The molecule has 1 N–H and O–H groups in total. The fraction of sp³-hybridized carbons (Fsp3) is 0.400. The van der Waals surface area contributed by atoms with Gasteiger partial charge in [-0.1, -0.05) is 29.8 Å². The number of fused-ring (bicyclic) bond motifs is 1. The van der Waals surface area contributed by atoms with E-state index < -0.39 is 0 Å². The summed E-state index contributed by atoms with van der Waals surface area (Å²) in [7, 11) is 0. The molecule has 100 valence electrons. The van der Waals surface area contributed by atoms with E-state index in [0.29, 0.717) is 5.92 Å². The van der Waals surface area contributed by atoms with E-state index in [-0.39, 0.29) is 0 Å². The average molecular weight is 276 g/mol. The van der Waals surface area contributed by atoms with Gasteiger partial charge in [-0.2, -0.15) is 5.10 Å². The number of para-hydroxylation sites is 1. The quantitative estimate of drug-likeness (QED) is 0.926. The standard InChI is InChI=1S/C15H18ClN3/c1-2-19-15(13(16)10-18-19)9-11-7-8-17-14-6-4-3-5-12(11)14/h3-6,10-11,17H,2,7-9H2,1H3. The van der Waals surface area contributed by atoms with Gasteiger partial charge in [0.15, 0.2) is 0 Å². The van der Waals surface area contributed by atoms with Crippen LogP contribution in [0.15, 0.2) is 30.5 Å². The molecule has 1 aromatic heterocycles. The number of hydrogen-bond donors (Lipinski definition) is 1. The summed E-state index contributed by atoms with van der Waals surface area (Å²) in [5.74, 6) is 0.525. The maximum absolute atomic E-state index is 6.27. The average Bonchev–Trinajstić information content (AvgIpc) is 2.80. The Balaban J connectivity index is 1.90. The molecule has 1 atom stereocenters. The maximum atomic E-state index is 6.27. The minimum Gasteiger partial charge on any atom is -0.385 e. The molecule has 2 aromatic rings. The molecule has 3 nitrogen and oxygen atoms in total. The molecule has 0 saturated heterocycles. The monoisotopic (exact) mass is 275 g/mol. The first-order valence-electron chi connectivity index (χ1n) is 6.82. The SMILES string of the molecule is CCn1ncc(Cl)c1CC1CCNc2ccccc21. The summed E-state index contributed by atoms with van der Waals surface area (Å²) < 4.78 is 2.01. The number of benzene rings is 1. The molecule has 0 fully saturated rings. The highest BCUT2D eigenvalue weighted by Crippen LogP contribution is 2.35. The number of nitrogens with zero attached hydrogens (tertiary/aromatic N) is 2. The molecular formula is C15H18ClN3. The number of aromatic nitrogens is 2. The molecule has 0 bridgehead atoms. The van der Waals surface area contributed by atoms with Crippen molar-refractivity contribution in [1.29, 1.82) is 0 Å². The molecule has 3 rings (SSSR count). The summed E-state index contributed by atoms with van der Waals surface area (Å²) in [5.41, 5.74) is 3.82. The topological polar surface area (TPSA) is 29.9 Å². The summed E-state index contributed by atoms with van der Waals surface area (Å²) in [6, 6.07) is 8.56. The van der Waals surface area contributed by atoms with Crippen LogP contribution in [0.2, 0.25) is 5.02 Å². The molecule has 1 aromatic carbocycles. The third-order valence-corrected chi connectivity index (χ3v) is 4.16. The fourth-order valence-electron chi connectivity index (χ4n) is 2.86. The third kappa shape index (κ3) is 2.35. The van der Waals surface area contributed by atoms with Gasteiger partial charge in [-0.3, -0.25) is 4.68 Å².